The molecule has 0 aromatic heterocycles. The number of aliphatic hydroxyl groups excluding tert-OH is 1. The molecule has 4 atom stereocenters. The molecule has 2 fully saturated rings. The average Bonchev–Trinajstić information content (AvgIpc) is 3.13. The molecule has 8 heteroatoms. The maximum absolute atomic E-state index is 12.9. The molecule has 4 rings (SSSR count). The maximum atomic E-state index is 12.9. The van der Waals surface area contributed by atoms with Crippen LogP contribution in [0.2, 0.25) is 0 Å². The average molecular weight is 330 g/mol. The summed E-state index contributed by atoms with van der Waals surface area (Å²) in [5.74, 6) is -2.81. The van der Waals surface area contributed by atoms with Crippen molar-refractivity contribution >= 4 is 23.2 Å². The number of nitro groups is 1. The highest BCUT2D eigenvalue weighted by Crippen LogP contribution is 2.57. The van der Waals surface area contributed by atoms with E-state index in [1.54, 1.807) is 19.1 Å². The Bertz CT molecular complexity index is 821. The zero-order valence-corrected chi connectivity index (χ0v) is 12.7. The van der Waals surface area contributed by atoms with E-state index >= 15 is 0 Å². The van der Waals surface area contributed by atoms with Crippen molar-refractivity contribution in [3.63, 3.8) is 0 Å². The zero-order chi connectivity index (χ0) is 17.3. The molecule has 0 saturated carbocycles. The van der Waals surface area contributed by atoms with Gasteiger partial charge in [-0.15, -0.1) is 0 Å². The smallest absolute Gasteiger partial charge is 0.293 e. The number of amides is 2. The van der Waals surface area contributed by atoms with Gasteiger partial charge >= 0.3 is 0 Å². The number of imide groups is 1. The third-order valence-electron chi connectivity index (χ3n) is 5.12. The van der Waals surface area contributed by atoms with Crippen LogP contribution in [0.1, 0.15) is 6.92 Å². The number of nitro benzene ring substituents is 1. The Balaban J connectivity index is 1.85. The second-order valence-electron chi connectivity index (χ2n) is 6.45. The lowest BCUT2D eigenvalue weighted by Crippen LogP contribution is -2.43. The minimum Gasteiger partial charge on any atom is -0.393 e. The highest BCUT2D eigenvalue weighted by atomic mass is 16.6. The standard InChI is InChI=1S/C16H14N2O6/c1-15-6-7-16(8-19,24-15)12-11(15)13(20)17(14(12)21)9-4-2-3-5-10(9)18(22)23/h2-7,11-12,19H,8H2,1H3/t11-,12+,15-,16-/m0/s1. The lowest BCUT2D eigenvalue weighted by molar-refractivity contribution is -0.384. The molecule has 1 N–H and O–H groups in total. The van der Waals surface area contributed by atoms with Gasteiger partial charge in [-0.05, 0) is 13.0 Å². The highest BCUT2D eigenvalue weighted by Gasteiger charge is 2.72. The number of benzene rings is 1. The Morgan fingerprint density at radius 2 is 1.92 bits per heavy atom. The summed E-state index contributed by atoms with van der Waals surface area (Å²) in [6.07, 6.45) is 3.29. The van der Waals surface area contributed by atoms with Crippen LogP contribution in [0.25, 0.3) is 0 Å². The van der Waals surface area contributed by atoms with Gasteiger partial charge < -0.3 is 9.84 Å². The molecule has 2 saturated heterocycles. The molecule has 3 aliphatic heterocycles. The third kappa shape index (κ3) is 1.59. The van der Waals surface area contributed by atoms with Gasteiger partial charge in [-0.2, -0.15) is 0 Å². The van der Waals surface area contributed by atoms with Crippen molar-refractivity contribution in [1.29, 1.82) is 0 Å². The third-order valence-corrected chi connectivity index (χ3v) is 5.12. The molecule has 2 amide bonds. The Kier molecular flexibility index (Phi) is 2.80. The number of hydrogen-bond donors (Lipinski definition) is 1. The van der Waals surface area contributed by atoms with Crippen LogP contribution < -0.4 is 4.90 Å². The van der Waals surface area contributed by atoms with Gasteiger partial charge in [-0.25, -0.2) is 4.90 Å². The van der Waals surface area contributed by atoms with Crippen molar-refractivity contribution in [3.05, 3.63) is 46.5 Å². The number of fused-ring (bicyclic) bond motifs is 5. The minimum absolute atomic E-state index is 0.0528. The summed E-state index contributed by atoms with van der Waals surface area (Å²) in [4.78, 5) is 37.3. The Morgan fingerprint density at radius 3 is 2.58 bits per heavy atom. The Morgan fingerprint density at radius 1 is 1.25 bits per heavy atom. The molecule has 0 aliphatic carbocycles. The molecule has 3 aliphatic rings. The molecule has 8 nitrogen and oxygen atoms in total. The summed E-state index contributed by atoms with van der Waals surface area (Å²) < 4.78 is 5.80. The fourth-order valence-electron chi connectivity index (χ4n) is 4.09. The van der Waals surface area contributed by atoms with E-state index in [-0.39, 0.29) is 11.4 Å². The van der Waals surface area contributed by atoms with Gasteiger partial charge in [0.2, 0.25) is 11.8 Å². The monoisotopic (exact) mass is 330 g/mol. The number of nitrogens with zero attached hydrogens (tertiary/aromatic N) is 2. The molecule has 1 aromatic rings. The van der Waals surface area contributed by atoms with E-state index in [4.69, 9.17) is 4.74 Å². The molecule has 0 radical (unpaired) electrons. The van der Waals surface area contributed by atoms with Crippen LogP contribution >= 0.6 is 0 Å². The van der Waals surface area contributed by atoms with Crippen molar-refractivity contribution in [1.82, 2.24) is 0 Å². The first-order chi connectivity index (χ1) is 11.3. The number of rotatable bonds is 3. The van der Waals surface area contributed by atoms with Gasteiger partial charge in [0.1, 0.15) is 11.3 Å². The number of carbonyl (C=O) groups excluding carboxylic acids is 2. The second kappa shape index (κ2) is 4.49. The summed E-state index contributed by atoms with van der Waals surface area (Å²) in [7, 11) is 0. The normalized spacial score (nSPS) is 36.5. The number of aliphatic hydroxyl groups is 1. The van der Waals surface area contributed by atoms with E-state index in [9.17, 15) is 24.8 Å². The molecule has 2 bridgehead atoms. The Hall–Kier alpha value is -2.58. The van der Waals surface area contributed by atoms with Crippen LogP contribution in [0.15, 0.2) is 36.4 Å². The van der Waals surface area contributed by atoms with Crippen LogP contribution in [0.5, 0.6) is 0 Å². The summed E-state index contributed by atoms with van der Waals surface area (Å²) in [6, 6.07) is 5.62. The molecule has 0 spiro atoms. The summed E-state index contributed by atoms with van der Waals surface area (Å²) in [5, 5.41) is 21.0. The van der Waals surface area contributed by atoms with Gasteiger partial charge in [-0.3, -0.25) is 19.7 Å². The Labute approximate surface area is 136 Å². The zero-order valence-electron chi connectivity index (χ0n) is 12.7. The lowest BCUT2D eigenvalue weighted by Gasteiger charge is -2.26. The van der Waals surface area contributed by atoms with E-state index < -0.39 is 46.4 Å². The van der Waals surface area contributed by atoms with Gasteiger partial charge in [0, 0.05) is 6.07 Å². The highest BCUT2D eigenvalue weighted by molar-refractivity contribution is 6.24. The fraction of sp³-hybridized carbons (Fsp3) is 0.375. The van der Waals surface area contributed by atoms with Crippen molar-refractivity contribution < 1.29 is 24.4 Å². The van der Waals surface area contributed by atoms with E-state index in [0.29, 0.717) is 0 Å². The summed E-state index contributed by atoms with van der Waals surface area (Å²) in [5.41, 5.74) is -2.62. The molecule has 0 unspecified atom stereocenters. The van der Waals surface area contributed by atoms with Gasteiger partial charge in [0.15, 0.2) is 0 Å². The van der Waals surface area contributed by atoms with Crippen LogP contribution in [0.4, 0.5) is 11.4 Å². The molecule has 3 heterocycles. The van der Waals surface area contributed by atoms with Crippen LogP contribution in [0.3, 0.4) is 0 Å². The van der Waals surface area contributed by atoms with Gasteiger partial charge in [0.25, 0.3) is 5.69 Å². The predicted octanol–water partition coefficient (Wildman–Crippen LogP) is 0.790. The largest absolute Gasteiger partial charge is 0.393 e. The summed E-state index contributed by atoms with van der Waals surface area (Å²) >= 11 is 0. The van der Waals surface area contributed by atoms with Gasteiger partial charge in [-0.1, -0.05) is 24.3 Å². The minimum atomic E-state index is -1.25. The molecular weight excluding hydrogens is 316 g/mol. The van der Waals surface area contributed by atoms with Crippen LogP contribution in [-0.4, -0.2) is 39.7 Å². The number of ether oxygens (including phenoxy) is 1. The SMILES string of the molecule is C[C@@]12C=C[C@@](CO)(O1)[C@H]1C(=O)N(c3ccccc3[N+](=O)[O-])C(=O)[C@H]12. The van der Waals surface area contributed by atoms with Crippen molar-refractivity contribution in [2.75, 3.05) is 11.5 Å². The maximum Gasteiger partial charge on any atom is 0.293 e. The van der Waals surface area contributed by atoms with Crippen molar-refractivity contribution in [2.24, 2.45) is 11.8 Å². The second-order valence-corrected chi connectivity index (χ2v) is 6.45. The summed E-state index contributed by atoms with van der Waals surface area (Å²) in [6.45, 7) is 1.24. The van der Waals surface area contributed by atoms with Gasteiger partial charge in [0.05, 0.1) is 29.0 Å². The fourth-order valence-corrected chi connectivity index (χ4v) is 4.09. The van der Waals surface area contributed by atoms with E-state index in [1.165, 1.54) is 24.3 Å². The number of hydrogen-bond acceptors (Lipinski definition) is 6. The van der Waals surface area contributed by atoms with Crippen molar-refractivity contribution in [3.8, 4) is 0 Å². The first kappa shape index (κ1) is 15.0. The first-order valence-corrected chi connectivity index (χ1v) is 7.47. The van der Waals surface area contributed by atoms with Crippen LogP contribution in [0, 0.1) is 22.0 Å². The number of carbonyl (C=O) groups is 2. The lowest BCUT2D eigenvalue weighted by atomic mass is 9.73. The van der Waals surface area contributed by atoms with Crippen LogP contribution in [-0.2, 0) is 14.3 Å². The van der Waals surface area contributed by atoms with E-state index in [1.807, 2.05) is 0 Å². The van der Waals surface area contributed by atoms with E-state index in [0.717, 1.165) is 4.90 Å². The first-order valence-electron chi connectivity index (χ1n) is 7.47. The molecule has 124 valence electrons. The molecule has 1 aromatic carbocycles. The van der Waals surface area contributed by atoms with Crippen molar-refractivity contribution in [2.45, 2.75) is 18.1 Å². The van der Waals surface area contributed by atoms with E-state index in [2.05, 4.69) is 0 Å². The molecule has 24 heavy (non-hydrogen) atoms. The molecular formula is C16H14N2O6. The quantitative estimate of drug-likeness (QED) is 0.380. The number of anilines is 1. The topological polar surface area (TPSA) is 110 Å². The number of para-hydroxylation sites is 2. The predicted molar refractivity (Wildman–Crippen MR) is 81.0 cm³/mol.